The Kier molecular flexibility index (Phi) is 4.55. The molecule has 5 rings (SSSR count). The summed E-state index contributed by atoms with van der Waals surface area (Å²) in [4.78, 5) is 20.7. The summed E-state index contributed by atoms with van der Waals surface area (Å²) in [5.74, 6) is 0.301. The van der Waals surface area contributed by atoms with Gasteiger partial charge in [0.1, 0.15) is 16.5 Å². The Hall–Kier alpha value is -2.79. The van der Waals surface area contributed by atoms with E-state index in [1.807, 2.05) is 31.2 Å². The van der Waals surface area contributed by atoms with Gasteiger partial charge in [-0.15, -0.1) is 11.3 Å². The van der Waals surface area contributed by atoms with Gasteiger partial charge in [0.15, 0.2) is 0 Å². The molecule has 146 valence electrons. The molecule has 0 unspecified atom stereocenters. The summed E-state index contributed by atoms with van der Waals surface area (Å²) in [5.41, 5.74) is 3.57. The minimum absolute atomic E-state index is 0.0610. The van der Waals surface area contributed by atoms with Crippen molar-refractivity contribution in [3.05, 3.63) is 86.3 Å². The van der Waals surface area contributed by atoms with Gasteiger partial charge in [0, 0.05) is 16.0 Å². The summed E-state index contributed by atoms with van der Waals surface area (Å²) >= 11 is 1.65. The second-order valence-electron chi connectivity index (χ2n) is 7.68. The summed E-state index contributed by atoms with van der Waals surface area (Å²) in [7, 11) is 0. The molecule has 2 aromatic carbocycles. The average molecular weight is 405 g/mol. The fourth-order valence-electron chi connectivity index (χ4n) is 4.19. The SMILES string of the molecule is Cc1cccc(-c2nc3sc4c(c3c(=O)n2Cc2ccccc2F)CCCC4)c1. The van der Waals surface area contributed by atoms with Gasteiger partial charge in [-0.05, 0) is 50.3 Å². The molecule has 2 heterocycles. The zero-order chi connectivity index (χ0) is 20.0. The summed E-state index contributed by atoms with van der Waals surface area (Å²) in [5, 5.41) is 0.734. The third-order valence-corrected chi connectivity index (χ3v) is 6.82. The van der Waals surface area contributed by atoms with Crippen LogP contribution in [0.25, 0.3) is 21.6 Å². The van der Waals surface area contributed by atoms with Crippen LogP contribution in [0.1, 0.15) is 34.4 Å². The lowest BCUT2D eigenvalue weighted by molar-refractivity contribution is 0.596. The molecule has 4 aromatic rings. The molecular weight excluding hydrogens is 383 g/mol. The predicted molar refractivity (Wildman–Crippen MR) is 116 cm³/mol. The summed E-state index contributed by atoms with van der Waals surface area (Å²) in [6.07, 6.45) is 4.21. The van der Waals surface area contributed by atoms with E-state index in [1.54, 1.807) is 34.1 Å². The van der Waals surface area contributed by atoms with Crippen LogP contribution in [-0.2, 0) is 19.4 Å². The van der Waals surface area contributed by atoms with Crippen LogP contribution in [-0.4, -0.2) is 9.55 Å². The Morgan fingerprint density at radius 2 is 1.93 bits per heavy atom. The molecule has 0 aliphatic heterocycles. The molecule has 2 aromatic heterocycles. The Morgan fingerprint density at radius 1 is 1.10 bits per heavy atom. The van der Waals surface area contributed by atoms with Crippen molar-refractivity contribution in [3.8, 4) is 11.4 Å². The second kappa shape index (κ2) is 7.23. The number of hydrogen-bond acceptors (Lipinski definition) is 3. The highest BCUT2D eigenvalue weighted by molar-refractivity contribution is 7.18. The van der Waals surface area contributed by atoms with Crippen molar-refractivity contribution in [2.75, 3.05) is 0 Å². The molecule has 0 saturated carbocycles. The molecular formula is C24H21FN2OS. The molecule has 0 N–H and O–H groups in total. The molecule has 0 saturated heterocycles. The van der Waals surface area contributed by atoms with E-state index in [9.17, 15) is 9.18 Å². The smallest absolute Gasteiger partial charge is 0.263 e. The first-order chi connectivity index (χ1) is 14.1. The van der Waals surface area contributed by atoms with E-state index in [0.717, 1.165) is 52.6 Å². The highest BCUT2D eigenvalue weighted by Gasteiger charge is 2.23. The van der Waals surface area contributed by atoms with Crippen LogP contribution in [0, 0.1) is 12.7 Å². The number of nitrogens with zero attached hydrogens (tertiary/aromatic N) is 2. The lowest BCUT2D eigenvalue weighted by atomic mass is 9.97. The van der Waals surface area contributed by atoms with Gasteiger partial charge in [0.25, 0.3) is 5.56 Å². The Bertz CT molecular complexity index is 1290. The standard InChI is InChI=1S/C24H21FN2OS/c1-15-7-6-9-16(13-15)22-26-23-21(18-10-3-5-12-20(18)29-23)24(28)27(22)14-17-8-2-4-11-19(17)25/h2,4,6-9,11,13H,3,5,10,12,14H2,1H3. The third kappa shape index (κ3) is 3.19. The molecule has 0 radical (unpaired) electrons. The molecule has 0 bridgehead atoms. The zero-order valence-electron chi connectivity index (χ0n) is 16.2. The molecule has 29 heavy (non-hydrogen) atoms. The number of hydrogen-bond donors (Lipinski definition) is 0. The molecule has 1 aliphatic carbocycles. The number of aryl methyl sites for hydroxylation is 3. The van der Waals surface area contributed by atoms with Gasteiger partial charge in [-0.1, -0.05) is 42.0 Å². The minimum atomic E-state index is -0.304. The topological polar surface area (TPSA) is 34.9 Å². The van der Waals surface area contributed by atoms with Crippen molar-refractivity contribution in [1.29, 1.82) is 0 Å². The van der Waals surface area contributed by atoms with E-state index in [1.165, 1.54) is 10.9 Å². The van der Waals surface area contributed by atoms with E-state index in [4.69, 9.17) is 4.98 Å². The van der Waals surface area contributed by atoms with Gasteiger partial charge < -0.3 is 0 Å². The quantitative estimate of drug-likeness (QED) is 0.452. The lowest BCUT2D eigenvalue weighted by Gasteiger charge is -2.15. The van der Waals surface area contributed by atoms with Crippen LogP contribution in [0.15, 0.2) is 53.3 Å². The van der Waals surface area contributed by atoms with Crippen molar-refractivity contribution < 1.29 is 4.39 Å². The van der Waals surface area contributed by atoms with Crippen LogP contribution in [0.5, 0.6) is 0 Å². The summed E-state index contributed by atoms with van der Waals surface area (Å²) < 4.78 is 16.0. The molecule has 1 aliphatic rings. The minimum Gasteiger partial charge on any atom is -0.287 e. The first-order valence-corrected chi connectivity index (χ1v) is 10.8. The van der Waals surface area contributed by atoms with Crippen molar-refractivity contribution in [3.63, 3.8) is 0 Å². The van der Waals surface area contributed by atoms with Crippen LogP contribution >= 0.6 is 11.3 Å². The Labute approximate surface area is 172 Å². The first kappa shape index (κ1) is 18.3. The summed E-state index contributed by atoms with van der Waals surface area (Å²) in [6, 6.07) is 14.6. The maximum absolute atomic E-state index is 14.4. The molecule has 0 spiro atoms. The monoisotopic (exact) mass is 404 g/mol. The van der Waals surface area contributed by atoms with Crippen LogP contribution in [0.2, 0.25) is 0 Å². The highest BCUT2D eigenvalue weighted by Crippen LogP contribution is 2.35. The maximum Gasteiger partial charge on any atom is 0.263 e. The highest BCUT2D eigenvalue weighted by atomic mass is 32.1. The van der Waals surface area contributed by atoms with E-state index in [-0.39, 0.29) is 17.9 Å². The fraction of sp³-hybridized carbons (Fsp3) is 0.250. The zero-order valence-corrected chi connectivity index (χ0v) is 17.1. The van der Waals surface area contributed by atoms with Gasteiger partial charge >= 0.3 is 0 Å². The van der Waals surface area contributed by atoms with Gasteiger partial charge in [-0.3, -0.25) is 9.36 Å². The van der Waals surface area contributed by atoms with Crippen molar-refractivity contribution in [2.24, 2.45) is 0 Å². The molecule has 0 fully saturated rings. The predicted octanol–water partition coefficient (Wildman–Crippen LogP) is 5.50. The Morgan fingerprint density at radius 3 is 2.76 bits per heavy atom. The van der Waals surface area contributed by atoms with Gasteiger partial charge in [0.05, 0.1) is 11.9 Å². The molecule has 5 heteroatoms. The molecule has 0 amide bonds. The largest absolute Gasteiger partial charge is 0.287 e. The van der Waals surface area contributed by atoms with Gasteiger partial charge in [-0.25, -0.2) is 9.37 Å². The van der Waals surface area contributed by atoms with Crippen LogP contribution in [0.3, 0.4) is 0 Å². The summed E-state index contributed by atoms with van der Waals surface area (Å²) in [6.45, 7) is 2.19. The number of thiophene rings is 1. The van der Waals surface area contributed by atoms with Crippen molar-refractivity contribution in [2.45, 2.75) is 39.2 Å². The van der Waals surface area contributed by atoms with Crippen molar-refractivity contribution in [1.82, 2.24) is 9.55 Å². The molecule has 3 nitrogen and oxygen atoms in total. The third-order valence-electron chi connectivity index (χ3n) is 5.64. The van der Waals surface area contributed by atoms with Gasteiger partial charge in [0.2, 0.25) is 0 Å². The molecule has 0 atom stereocenters. The van der Waals surface area contributed by atoms with Gasteiger partial charge in [-0.2, -0.15) is 0 Å². The van der Waals surface area contributed by atoms with E-state index < -0.39 is 0 Å². The maximum atomic E-state index is 14.4. The fourth-order valence-corrected chi connectivity index (χ4v) is 5.44. The van der Waals surface area contributed by atoms with E-state index in [2.05, 4.69) is 0 Å². The van der Waals surface area contributed by atoms with Crippen LogP contribution < -0.4 is 5.56 Å². The Balaban J connectivity index is 1.79. The number of aromatic nitrogens is 2. The average Bonchev–Trinajstić information content (AvgIpc) is 3.10. The number of halogens is 1. The second-order valence-corrected chi connectivity index (χ2v) is 8.76. The first-order valence-electron chi connectivity index (χ1n) is 9.97. The van der Waals surface area contributed by atoms with E-state index in [0.29, 0.717) is 11.4 Å². The van der Waals surface area contributed by atoms with Crippen molar-refractivity contribution >= 4 is 21.6 Å². The van der Waals surface area contributed by atoms with E-state index >= 15 is 0 Å². The number of fused-ring (bicyclic) bond motifs is 3. The normalized spacial score (nSPS) is 13.6. The lowest BCUT2D eigenvalue weighted by Crippen LogP contribution is -2.25. The number of benzene rings is 2. The van der Waals surface area contributed by atoms with Crippen LogP contribution in [0.4, 0.5) is 4.39 Å². The number of rotatable bonds is 3.